The van der Waals surface area contributed by atoms with Gasteiger partial charge < -0.3 is 15.3 Å². The Bertz CT molecular complexity index is 213. The van der Waals surface area contributed by atoms with E-state index in [4.69, 9.17) is 12.2 Å². The van der Waals surface area contributed by atoms with Crippen molar-refractivity contribution in [1.29, 1.82) is 0 Å². The lowest BCUT2D eigenvalue weighted by Crippen LogP contribution is -2.65. The van der Waals surface area contributed by atoms with Gasteiger partial charge in [0.15, 0.2) is 5.11 Å². The average molecular weight is 188 g/mol. The smallest absolute Gasteiger partial charge is 0.171 e. The fourth-order valence-corrected chi connectivity index (χ4v) is 2.07. The van der Waals surface area contributed by atoms with E-state index < -0.39 is 5.72 Å². The molecule has 1 aliphatic rings. The molecule has 0 bridgehead atoms. The third-order valence-electron chi connectivity index (χ3n) is 2.25. The molecular weight excluding hydrogens is 172 g/mol. The first-order chi connectivity index (χ1) is 5.25. The second-order valence-corrected chi connectivity index (χ2v) is 4.65. The summed E-state index contributed by atoms with van der Waals surface area (Å²) in [5, 5.41) is 13.7. The molecule has 1 atom stereocenters. The Morgan fingerprint density at radius 1 is 1.50 bits per heavy atom. The Morgan fingerprint density at radius 2 is 2.00 bits per heavy atom. The summed E-state index contributed by atoms with van der Waals surface area (Å²) in [6.45, 7) is 5.84. The normalized spacial score (nSPS) is 34.8. The number of rotatable bonds is 0. The monoisotopic (exact) mass is 188 g/mol. The number of hydrogen-bond donors (Lipinski definition) is 2. The summed E-state index contributed by atoms with van der Waals surface area (Å²) in [6.07, 6.45) is 0.663. The summed E-state index contributed by atoms with van der Waals surface area (Å²) >= 11 is 5.08. The molecule has 0 aliphatic carbocycles. The van der Waals surface area contributed by atoms with Crippen LogP contribution in [0.2, 0.25) is 0 Å². The Hall–Kier alpha value is -0.350. The summed E-state index contributed by atoms with van der Waals surface area (Å²) in [5.74, 6) is 0. The fraction of sp³-hybridized carbons (Fsp3) is 0.875. The zero-order valence-electron chi connectivity index (χ0n) is 8.01. The minimum absolute atomic E-state index is 0.118. The minimum Gasteiger partial charge on any atom is -0.371 e. The highest BCUT2D eigenvalue weighted by Crippen LogP contribution is 2.27. The maximum Gasteiger partial charge on any atom is 0.171 e. The van der Waals surface area contributed by atoms with E-state index in [1.54, 1.807) is 18.9 Å². The van der Waals surface area contributed by atoms with Gasteiger partial charge in [-0.2, -0.15) is 0 Å². The predicted octanol–water partition coefficient (Wildman–Crippen LogP) is 0.683. The van der Waals surface area contributed by atoms with Crippen molar-refractivity contribution >= 4 is 17.3 Å². The van der Waals surface area contributed by atoms with E-state index in [0.29, 0.717) is 11.5 Å². The SMILES string of the molecule is CN1C(=S)NC(C)(C)CC1(C)O. The molecule has 0 saturated carbocycles. The molecule has 0 amide bonds. The van der Waals surface area contributed by atoms with Crippen molar-refractivity contribution in [1.82, 2.24) is 10.2 Å². The highest BCUT2D eigenvalue weighted by atomic mass is 32.1. The van der Waals surface area contributed by atoms with Crippen molar-refractivity contribution in [3.63, 3.8) is 0 Å². The maximum absolute atomic E-state index is 9.95. The molecule has 3 nitrogen and oxygen atoms in total. The molecule has 0 aromatic rings. The minimum atomic E-state index is -0.828. The second-order valence-electron chi connectivity index (χ2n) is 4.27. The van der Waals surface area contributed by atoms with Gasteiger partial charge in [0.25, 0.3) is 0 Å². The molecule has 4 heteroatoms. The van der Waals surface area contributed by atoms with Gasteiger partial charge in [0.05, 0.1) is 0 Å². The summed E-state index contributed by atoms with van der Waals surface area (Å²) in [4.78, 5) is 1.69. The quantitative estimate of drug-likeness (QED) is 0.548. The Kier molecular flexibility index (Phi) is 2.08. The number of nitrogens with zero attached hydrogens (tertiary/aromatic N) is 1. The molecule has 0 radical (unpaired) electrons. The van der Waals surface area contributed by atoms with Gasteiger partial charge in [0.2, 0.25) is 0 Å². The van der Waals surface area contributed by atoms with E-state index in [-0.39, 0.29) is 5.54 Å². The average Bonchev–Trinajstić information content (AvgIpc) is 1.79. The summed E-state index contributed by atoms with van der Waals surface area (Å²) in [5.41, 5.74) is -0.946. The van der Waals surface area contributed by atoms with Gasteiger partial charge in [-0.1, -0.05) is 0 Å². The van der Waals surface area contributed by atoms with Crippen molar-refractivity contribution in [3.05, 3.63) is 0 Å². The van der Waals surface area contributed by atoms with E-state index in [1.165, 1.54) is 0 Å². The molecule has 1 unspecified atom stereocenters. The standard InChI is InChI=1S/C8H16N2OS/c1-7(2)5-8(3,11)10(4)6(12)9-7/h11H,5H2,1-4H3,(H,9,12). The maximum atomic E-state index is 9.95. The van der Waals surface area contributed by atoms with Crippen molar-refractivity contribution in [3.8, 4) is 0 Å². The van der Waals surface area contributed by atoms with Gasteiger partial charge in [0, 0.05) is 19.0 Å². The van der Waals surface area contributed by atoms with Crippen molar-refractivity contribution < 1.29 is 5.11 Å². The van der Waals surface area contributed by atoms with Gasteiger partial charge in [-0.25, -0.2) is 0 Å². The van der Waals surface area contributed by atoms with Gasteiger partial charge in [-0.3, -0.25) is 0 Å². The number of nitrogens with one attached hydrogen (secondary N) is 1. The van der Waals surface area contributed by atoms with Crippen LogP contribution in [0.1, 0.15) is 27.2 Å². The summed E-state index contributed by atoms with van der Waals surface area (Å²) in [6, 6.07) is 0. The van der Waals surface area contributed by atoms with Crippen molar-refractivity contribution in [2.45, 2.75) is 38.5 Å². The van der Waals surface area contributed by atoms with E-state index in [9.17, 15) is 5.11 Å². The molecule has 12 heavy (non-hydrogen) atoms. The van der Waals surface area contributed by atoms with Crippen molar-refractivity contribution in [2.75, 3.05) is 7.05 Å². The lowest BCUT2D eigenvalue weighted by atomic mass is 9.91. The van der Waals surface area contributed by atoms with Gasteiger partial charge in [0.1, 0.15) is 5.72 Å². The van der Waals surface area contributed by atoms with Crippen LogP contribution >= 0.6 is 12.2 Å². The lowest BCUT2D eigenvalue weighted by Gasteiger charge is -2.48. The molecule has 1 aliphatic heterocycles. The van der Waals surface area contributed by atoms with E-state index >= 15 is 0 Å². The topological polar surface area (TPSA) is 35.5 Å². The Labute approximate surface area is 78.8 Å². The molecular formula is C8H16N2OS. The van der Waals surface area contributed by atoms with Crippen LogP contribution in [-0.4, -0.2) is 33.4 Å². The zero-order valence-corrected chi connectivity index (χ0v) is 8.83. The number of hydrogen-bond acceptors (Lipinski definition) is 2. The van der Waals surface area contributed by atoms with Crippen LogP contribution in [0.5, 0.6) is 0 Å². The van der Waals surface area contributed by atoms with E-state index in [1.807, 2.05) is 13.8 Å². The highest BCUT2D eigenvalue weighted by molar-refractivity contribution is 7.80. The van der Waals surface area contributed by atoms with Gasteiger partial charge in [-0.05, 0) is 33.0 Å². The Morgan fingerprint density at radius 3 is 2.42 bits per heavy atom. The largest absolute Gasteiger partial charge is 0.371 e. The van der Waals surface area contributed by atoms with Gasteiger partial charge >= 0.3 is 0 Å². The van der Waals surface area contributed by atoms with Crippen LogP contribution in [0.4, 0.5) is 0 Å². The first-order valence-electron chi connectivity index (χ1n) is 4.03. The van der Waals surface area contributed by atoms with E-state index in [0.717, 1.165) is 0 Å². The molecule has 1 heterocycles. The summed E-state index contributed by atoms with van der Waals surface area (Å²) in [7, 11) is 1.80. The molecule has 0 spiro atoms. The van der Waals surface area contributed by atoms with Crippen LogP contribution in [0.3, 0.4) is 0 Å². The molecule has 1 saturated heterocycles. The van der Waals surface area contributed by atoms with E-state index in [2.05, 4.69) is 5.32 Å². The molecule has 1 rings (SSSR count). The second kappa shape index (κ2) is 2.57. The first-order valence-corrected chi connectivity index (χ1v) is 4.44. The first kappa shape index (κ1) is 9.74. The molecule has 70 valence electrons. The summed E-state index contributed by atoms with van der Waals surface area (Å²) < 4.78 is 0. The third kappa shape index (κ3) is 1.69. The zero-order chi connectivity index (χ0) is 9.57. The van der Waals surface area contributed by atoms with Crippen LogP contribution in [-0.2, 0) is 0 Å². The molecule has 1 fully saturated rings. The number of thiocarbonyl (C=S) groups is 1. The fourth-order valence-electron chi connectivity index (χ4n) is 1.59. The Balaban J connectivity index is 2.87. The molecule has 2 N–H and O–H groups in total. The lowest BCUT2D eigenvalue weighted by molar-refractivity contribution is -0.0768. The third-order valence-corrected chi connectivity index (χ3v) is 2.63. The molecule has 0 aromatic heterocycles. The highest BCUT2D eigenvalue weighted by Gasteiger charge is 2.40. The predicted molar refractivity (Wildman–Crippen MR) is 52.8 cm³/mol. The van der Waals surface area contributed by atoms with Crippen LogP contribution in [0, 0.1) is 0 Å². The van der Waals surface area contributed by atoms with Crippen LogP contribution < -0.4 is 5.32 Å². The molecule has 0 aromatic carbocycles. The van der Waals surface area contributed by atoms with Crippen molar-refractivity contribution in [2.24, 2.45) is 0 Å². The van der Waals surface area contributed by atoms with Crippen LogP contribution in [0.25, 0.3) is 0 Å². The van der Waals surface area contributed by atoms with Gasteiger partial charge in [-0.15, -0.1) is 0 Å². The number of aliphatic hydroxyl groups is 1. The van der Waals surface area contributed by atoms with Crippen LogP contribution in [0.15, 0.2) is 0 Å².